The van der Waals surface area contributed by atoms with Gasteiger partial charge >= 0.3 is 0 Å². The van der Waals surface area contributed by atoms with Gasteiger partial charge < -0.3 is 5.32 Å². The molecule has 2 rings (SSSR count). The van der Waals surface area contributed by atoms with E-state index in [1.807, 2.05) is 24.3 Å². The smallest absolute Gasteiger partial charge is 0.269 e. The van der Waals surface area contributed by atoms with Crippen LogP contribution in [0.2, 0.25) is 0 Å². The van der Waals surface area contributed by atoms with Crippen LogP contribution >= 0.6 is 0 Å². The number of hydrogen-bond donors (Lipinski definition) is 1. The van der Waals surface area contributed by atoms with Crippen molar-refractivity contribution in [3.8, 4) is 0 Å². The first kappa shape index (κ1) is 13.8. The molecule has 20 heavy (non-hydrogen) atoms. The molecule has 0 aromatic heterocycles. The highest BCUT2D eigenvalue weighted by molar-refractivity contribution is 5.53. The zero-order chi connectivity index (χ0) is 14.4. The Hall–Kier alpha value is -2.62. The Morgan fingerprint density at radius 2 is 1.75 bits per heavy atom. The number of nitrogens with zero attached hydrogens (tertiary/aromatic N) is 1. The lowest BCUT2D eigenvalue weighted by molar-refractivity contribution is -0.384. The summed E-state index contributed by atoms with van der Waals surface area (Å²) in [5, 5.41) is 13.8. The molecule has 0 aliphatic rings. The number of nitro benzene ring substituents is 1. The lowest BCUT2D eigenvalue weighted by atomic mass is 10.2. The lowest BCUT2D eigenvalue weighted by Crippen LogP contribution is -1.97. The fourth-order valence-electron chi connectivity index (χ4n) is 1.75. The van der Waals surface area contributed by atoms with Crippen molar-refractivity contribution in [2.45, 2.75) is 6.92 Å². The summed E-state index contributed by atoms with van der Waals surface area (Å²) in [6.45, 7) is 2.76. The second-order valence-corrected chi connectivity index (χ2v) is 4.50. The van der Waals surface area contributed by atoms with Crippen LogP contribution < -0.4 is 5.32 Å². The highest BCUT2D eigenvalue weighted by Crippen LogP contribution is 2.13. The number of rotatable bonds is 5. The minimum absolute atomic E-state index is 0.111. The molecule has 4 nitrogen and oxygen atoms in total. The number of anilines is 1. The molecule has 2 aromatic carbocycles. The van der Waals surface area contributed by atoms with E-state index in [4.69, 9.17) is 0 Å². The molecule has 0 fully saturated rings. The molecular formula is C16H16N2O2. The Kier molecular flexibility index (Phi) is 4.50. The van der Waals surface area contributed by atoms with Crippen LogP contribution in [0, 0.1) is 17.0 Å². The summed E-state index contributed by atoms with van der Waals surface area (Å²) < 4.78 is 0. The van der Waals surface area contributed by atoms with Crippen molar-refractivity contribution in [3.63, 3.8) is 0 Å². The number of non-ortho nitro benzene ring substituents is 1. The Labute approximate surface area is 117 Å². The number of nitro groups is 1. The van der Waals surface area contributed by atoms with Crippen molar-refractivity contribution >= 4 is 17.5 Å². The van der Waals surface area contributed by atoms with Crippen LogP contribution in [0.15, 0.2) is 54.6 Å². The normalized spacial score (nSPS) is 10.7. The topological polar surface area (TPSA) is 55.2 Å². The summed E-state index contributed by atoms with van der Waals surface area (Å²) in [6, 6.07) is 14.7. The molecule has 0 heterocycles. The van der Waals surface area contributed by atoms with Gasteiger partial charge in [0.15, 0.2) is 0 Å². The zero-order valence-corrected chi connectivity index (χ0v) is 11.2. The number of aryl methyl sites for hydroxylation is 1. The van der Waals surface area contributed by atoms with Crippen molar-refractivity contribution in [1.82, 2.24) is 0 Å². The maximum absolute atomic E-state index is 10.5. The van der Waals surface area contributed by atoms with E-state index in [9.17, 15) is 10.1 Å². The predicted octanol–water partition coefficient (Wildman–Crippen LogP) is 4.03. The molecule has 2 aromatic rings. The van der Waals surface area contributed by atoms with E-state index in [0.717, 1.165) is 11.3 Å². The van der Waals surface area contributed by atoms with Gasteiger partial charge in [0, 0.05) is 24.4 Å². The van der Waals surface area contributed by atoms with E-state index < -0.39 is 4.92 Å². The molecule has 4 heteroatoms. The average molecular weight is 268 g/mol. The molecular weight excluding hydrogens is 252 g/mol. The van der Waals surface area contributed by atoms with Crippen LogP contribution in [0.4, 0.5) is 11.4 Å². The third-order valence-electron chi connectivity index (χ3n) is 2.89. The van der Waals surface area contributed by atoms with Gasteiger partial charge in [0.1, 0.15) is 0 Å². The van der Waals surface area contributed by atoms with Crippen molar-refractivity contribution in [3.05, 3.63) is 75.8 Å². The molecule has 102 valence electrons. The first-order chi connectivity index (χ1) is 9.65. The second-order valence-electron chi connectivity index (χ2n) is 4.50. The lowest BCUT2D eigenvalue weighted by Gasteiger charge is -2.03. The fourth-order valence-corrected chi connectivity index (χ4v) is 1.75. The van der Waals surface area contributed by atoms with E-state index in [1.54, 1.807) is 12.1 Å². The molecule has 0 radical (unpaired) electrons. The Morgan fingerprint density at radius 1 is 1.10 bits per heavy atom. The van der Waals surface area contributed by atoms with Gasteiger partial charge in [0.2, 0.25) is 0 Å². The highest BCUT2D eigenvalue weighted by Gasteiger charge is 2.01. The van der Waals surface area contributed by atoms with Gasteiger partial charge in [0.25, 0.3) is 5.69 Å². The molecule has 0 unspecified atom stereocenters. The van der Waals surface area contributed by atoms with Gasteiger partial charge in [-0.2, -0.15) is 0 Å². The summed E-state index contributed by atoms with van der Waals surface area (Å²) >= 11 is 0. The maximum atomic E-state index is 10.5. The second kappa shape index (κ2) is 6.52. The number of nitrogens with one attached hydrogen (secondary N) is 1. The summed E-state index contributed by atoms with van der Waals surface area (Å²) in [6.07, 6.45) is 3.92. The quantitative estimate of drug-likeness (QED) is 0.658. The van der Waals surface area contributed by atoms with Gasteiger partial charge in [-0.15, -0.1) is 0 Å². The SMILES string of the molecule is Cc1ccc(NCC=Cc2ccc([N+](=O)[O-])cc2)cc1. The molecule has 1 N–H and O–H groups in total. The first-order valence-corrected chi connectivity index (χ1v) is 6.37. The van der Waals surface area contributed by atoms with Crippen LogP contribution in [-0.2, 0) is 0 Å². The standard InChI is InChI=1S/C16H16N2O2/c1-13-4-8-15(9-5-13)17-12-2-3-14-6-10-16(11-7-14)18(19)20/h2-11,17H,12H2,1H3. The summed E-state index contributed by atoms with van der Waals surface area (Å²) in [7, 11) is 0. The minimum atomic E-state index is -0.396. The highest BCUT2D eigenvalue weighted by atomic mass is 16.6. The molecule has 0 atom stereocenters. The molecule has 0 bridgehead atoms. The third-order valence-corrected chi connectivity index (χ3v) is 2.89. The van der Waals surface area contributed by atoms with Crippen LogP contribution in [0.5, 0.6) is 0 Å². The molecule has 0 amide bonds. The summed E-state index contributed by atoms with van der Waals surface area (Å²) in [5.74, 6) is 0. The number of hydrogen-bond acceptors (Lipinski definition) is 3. The van der Waals surface area contributed by atoms with Crippen molar-refractivity contribution in [2.24, 2.45) is 0 Å². The molecule has 0 saturated heterocycles. The van der Waals surface area contributed by atoms with Crippen LogP contribution in [0.25, 0.3) is 6.08 Å². The Bertz CT molecular complexity index is 601. The molecule has 0 aliphatic carbocycles. The van der Waals surface area contributed by atoms with E-state index in [1.165, 1.54) is 17.7 Å². The maximum Gasteiger partial charge on any atom is 0.269 e. The average Bonchev–Trinajstić information content (AvgIpc) is 2.46. The minimum Gasteiger partial charge on any atom is -0.382 e. The van der Waals surface area contributed by atoms with Crippen LogP contribution in [0.3, 0.4) is 0 Å². The van der Waals surface area contributed by atoms with Gasteiger partial charge in [0.05, 0.1) is 4.92 Å². The van der Waals surface area contributed by atoms with Crippen molar-refractivity contribution in [2.75, 3.05) is 11.9 Å². The van der Waals surface area contributed by atoms with E-state index >= 15 is 0 Å². The van der Waals surface area contributed by atoms with E-state index in [0.29, 0.717) is 6.54 Å². The summed E-state index contributed by atoms with van der Waals surface area (Å²) in [5.41, 5.74) is 3.36. The molecule has 0 aliphatic heterocycles. The third kappa shape index (κ3) is 3.95. The predicted molar refractivity (Wildman–Crippen MR) is 81.8 cm³/mol. The van der Waals surface area contributed by atoms with Gasteiger partial charge in [-0.3, -0.25) is 10.1 Å². The van der Waals surface area contributed by atoms with Crippen molar-refractivity contribution in [1.29, 1.82) is 0 Å². The molecule has 0 saturated carbocycles. The van der Waals surface area contributed by atoms with E-state index in [-0.39, 0.29) is 5.69 Å². The fraction of sp³-hybridized carbons (Fsp3) is 0.125. The van der Waals surface area contributed by atoms with Crippen molar-refractivity contribution < 1.29 is 4.92 Å². The van der Waals surface area contributed by atoms with Crippen LogP contribution in [-0.4, -0.2) is 11.5 Å². The van der Waals surface area contributed by atoms with Gasteiger partial charge in [-0.25, -0.2) is 0 Å². The first-order valence-electron chi connectivity index (χ1n) is 6.37. The van der Waals surface area contributed by atoms with E-state index in [2.05, 4.69) is 24.4 Å². The Balaban J connectivity index is 1.87. The monoisotopic (exact) mass is 268 g/mol. The van der Waals surface area contributed by atoms with Gasteiger partial charge in [-0.05, 0) is 36.8 Å². The zero-order valence-electron chi connectivity index (χ0n) is 11.2. The Morgan fingerprint density at radius 3 is 2.35 bits per heavy atom. The summed E-state index contributed by atoms with van der Waals surface area (Å²) in [4.78, 5) is 10.1. The largest absolute Gasteiger partial charge is 0.382 e. The number of benzene rings is 2. The van der Waals surface area contributed by atoms with Crippen LogP contribution in [0.1, 0.15) is 11.1 Å². The molecule has 0 spiro atoms. The van der Waals surface area contributed by atoms with Gasteiger partial charge in [-0.1, -0.05) is 29.8 Å².